The number of hydrogen-bond acceptors (Lipinski definition) is 5. The van der Waals surface area contributed by atoms with E-state index in [-0.39, 0.29) is 5.56 Å². The van der Waals surface area contributed by atoms with Crippen LogP contribution in [0.3, 0.4) is 0 Å². The molecule has 0 amide bonds. The van der Waals surface area contributed by atoms with Crippen LogP contribution >= 0.6 is 0 Å². The number of anilines is 1. The molecule has 0 bridgehead atoms. The molecule has 6 nitrogen and oxygen atoms in total. The molecule has 0 aliphatic heterocycles. The summed E-state index contributed by atoms with van der Waals surface area (Å²) in [4.78, 5) is 19.3. The summed E-state index contributed by atoms with van der Waals surface area (Å²) in [6.07, 6.45) is -0.656. The number of nitrogens with one attached hydrogen (secondary N) is 2. The van der Waals surface area contributed by atoms with Crippen LogP contribution in [0.1, 0.15) is 41.3 Å². The van der Waals surface area contributed by atoms with Gasteiger partial charge in [0.15, 0.2) is 5.58 Å². The van der Waals surface area contributed by atoms with Gasteiger partial charge >= 0.3 is 0 Å². The van der Waals surface area contributed by atoms with Crippen molar-refractivity contribution in [2.75, 3.05) is 5.32 Å². The molecule has 0 fully saturated rings. The maximum Gasteiger partial charge on any atom is 0.271 e. The van der Waals surface area contributed by atoms with E-state index >= 15 is 0 Å². The van der Waals surface area contributed by atoms with Gasteiger partial charge in [0.1, 0.15) is 11.2 Å². The molecular formula is C18H21N3O3. The largest absolute Gasteiger partial charge is 0.438 e. The Hall–Kier alpha value is -2.60. The molecule has 6 heteroatoms. The van der Waals surface area contributed by atoms with E-state index in [1.807, 2.05) is 26.0 Å². The molecular weight excluding hydrogens is 306 g/mol. The van der Waals surface area contributed by atoms with Crippen molar-refractivity contribution in [2.24, 2.45) is 0 Å². The van der Waals surface area contributed by atoms with Crippen LogP contribution in [-0.2, 0) is 6.54 Å². The molecule has 0 spiro atoms. The summed E-state index contributed by atoms with van der Waals surface area (Å²) >= 11 is 0. The number of aryl methyl sites for hydroxylation is 3. The van der Waals surface area contributed by atoms with Crippen molar-refractivity contribution in [2.45, 2.75) is 40.3 Å². The standard InChI is InChI=1S/C18H21N3O3/c1-9-5-6-10(2)17-16(9)21-15(24-17)8-19-14-7-13(12(4)22)11(3)20-18(14)23/h5-7,12,19,22H,8H2,1-4H3,(H,20,23). The maximum absolute atomic E-state index is 12.1. The first-order valence-corrected chi connectivity index (χ1v) is 7.88. The van der Waals surface area contributed by atoms with Crippen molar-refractivity contribution < 1.29 is 9.52 Å². The zero-order valence-electron chi connectivity index (χ0n) is 14.2. The van der Waals surface area contributed by atoms with Gasteiger partial charge in [0.25, 0.3) is 5.56 Å². The Morgan fingerprint density at radius 2 is 2.00 bits per heavy atom. The highest BCUT2D eigenvalue weighted by Gasteiger charge is 2.13. The molecule has 0 aliphatic carbocycles. The van der Waals surface area contributed by atoms with Crippen LogP contribution in [-0.4, -0.2) is 15.1 Å². The van der Waals surface area contributed by atoms with Gasteiger partial charge in [0.05, 0.1) is 12.6 Å². The zero-order valence-corrected chi connectivity index (χ0v) is 14.2. The summed E-state index contributed by atoms with van der Waals surface area (Å²) in [6, 6.07) is 5.68. The van der Waals surface area contributed by atoms with Gasteiger partial charge in [-0.1, -0.05) is 12.1 Å². The van der Waals surface area contributed by atoms with E-state index < -0.39 is 6.10 Å². The Balaban J connectivity index is 1.89. The third kappa shape index (κ3) is 2.92. The molecule has 3 N–H and O–H groups in total. The number of aliphatic hydroxyl groups excluding tert-OH is 1. The van der Waals surface area contributed by atoms with E-state index in [9.17, 15) is 9.90 Å². The summed E-state index contributed by atoms with van der Waals surface area (Å²) in [5, 5.41) is 12.8. The fourth-order valence-corrected chi connectivity index (χ4v) is 2.75. The van der Waals surface area contributed by atoms with Crippen LogP contribution in [0.4, 0.5) is 5.69 Å². The molecule has 1 aromatic carbocycles. The molecule has 2 heterocycles. The predicted octanol–water partition coefficient (Wildman–Crippen LogP) is 3.11. The number of aliphatic hydroxyl groups is 1. The molecule has 0 aliphatic rings. The number of fused-ring (bicyclic) bond motifs is 1. The summed E-state index contributed by atoms with van der Waals surface area (Å²) in [7, 11) is 0. The van der Waals surface area contributed by atoms with Gasteiger partial charge in [-0.25, -0.2) is 4.98 Å². The van der Waals surface area contributed by atoms with Crippen molar-refractivity contribution in [3.05, 3.63) is 56.8 Å². The van der Waals surface area contributed by atoms with Gasteiger partial charge in [0, 0.05) is 11.3 Å². The molecule has 3 aromatic rings. The first-order chi connectivity index (χ1) is 11.4. The minimum absolute atomic E-state index is 0.236. The summed E-state index contributed by atoms with van der Waals surface area (Å²) in [6.45, 7) is 7.68. The molecule has 24 heavy (non-hydrogen) atoms. The number of hydrogen-bond donors (Lipinski definition) is 3. The molecule has 1 atom stereocenters. The second kappa shape index (κ2) is 6.13. The van der Waals surface area contributed by atoms with Crippen LogP contribution in [0.2, 0.25) is 0 Å². The van der Waals surface area contributed by atoms with Gasteiger partial charge in [-0.2, -0.15) is 0 Å². The average molecular weight is 327 g/mol. The number of oxazole rings is 1. The molecule has 2 aromatic heterocycles. The van der Waals surface area contributed by atoms with E-state index in [1.165, 1.54) is 0 Å². The number of aromatic nitrogens is 2. The normalized spacial score (nSPS) is 12.5. The van der Waals surface area contributed by atoms with Crippen LogP contribution < -0.4 is 10.9 Å². The third-order valence-electron chi connectivity index (χ3n) is 4.15. The van der Waals surface area contributed by atoms with E-state index in [1.54, 1.807) is 19.9 Å². The number of aromatic amines is 1. The van der Waals surface area contributed by atoms with Crippen LogP contribution in [0.25, 0.3) is 11.1 Å². The van der Waals surface area contributed by atoms with Crippen LogP contribution in [0, 0.1) is 20.8 Å². The van der Waals surface area contributed by atoms with Crippen molar-refractivity contribution in [3.8, 4) is 0 Å². The molecule has 0 saturated carbocycles. The Labute approximate surface area is 139 Å². The van der Waals surface area contributed by atoms with Crippen molar-refractivity contribution in [1.82, 2.24) is 9.97 Å². The van der Waals surface area contributed by atoms with E-state index in [4.69, 9.17) is 4.42 Å². The lowest BCUT2D eigenvalue weighted by atomic mass is 10.1. The fraction of sp³-hybridized carbons (Fsp3) is 0.333. The number of pyridine rings is 1. The highest BCUT2D eigenvalue weighted by atomic mass is 16.3. The van der Waals surface area contributed by atoms with Gasteiger partial charge < -0.3 is 19.8 Å². The van der Waals surface area contributed by atoms with E-state index in [0.717, 1.165) is 22.2 Å². The quantitative estimate of drug-likeness (QED) is 0.685. The lowest BCUT2D eigenvalue weighted by Crippen LogP contribution is -2.17. The van der Waals surface area contributed by atoms with E-state index in [0.29, 0.717) is 29.4 Å². The third-order valence-corrected chi connectivity index (χ3v) is 4.15. The number of H-pyrrole nitrogens is 1. The minimum Gasteiger partial charge on any atom is -0.438 e. The van der Waals surface area contributed by atoms with Crippen LogP contribution in [0.5, 0.6) is 0 Å². The average Bonchev–Trinajstić information content (AvgIpc) is 2.95. The Bertz CT molecular complexity index is 915. The van der Waals surface area contributed by atoms with Crippen molar-refractivity contribution >= 4 is 16.8 Å². The van der Waals surface area contributed by atoms with Gasteiger partial charge in [-0.3, -0.25) is 4.79 Å². The molecule has 0 radical (unpaired) electrons. The summed E-state index contributed by atoms with van der Waals surface area (Å²) < 4.78 is 5.81. The van der Waals surface area contributed by atoms with Crippen LogP contribution in [0.15, 0.2) is 27.4 Å². The number of benzene rings is 1. The molecule has 1 unspecified atom stereocenters. The van der Waals surface area contributed by atoms with Gasteiger partial charge in [-0.05, 0) is 44.9 Å². The Morgan fingerprint density at radius 1 is 1.29 bits per heavy atom. The topological polar surface area (TPSA) is 91.2 Å². The Kier molecular flexibility index (Phi) is 4.15. The van der Waals surface area contributed by atoms with E-state index in [2.05, 4.69) is 15.3 Å². The SMILES string of the molecule is Cc1[nH]c(=O)c(NCc2nc3c(C)ccc(C)c3o2)cc1C(C)O. The van der Waals surface area contributed by atoms with Crippen molar-refractivity contribution in [3.63, 3.8) is 0 Å². The molecule has 0 saturated heterocycles. The minimum atomic E-state index is -0.656. The second-order valence-electron chi connectivity index (χ2n) is 6.11. The Morgan fingerprint density at radius 3 is 2.67 bits per heavy atom. The fourth-order valence-electron chi connectivity index (χ4n) is 2.75. The second-order valence-corrected chi connectivity index (χ2v) is 6.11. The molecule has 126 valence electrons. The highest BCUT2D eigenvalue weighted by Crippen LogP contribution is 2.23. The lowest BCUT2D eigenvalue weighted by molar-refractivity contribution is 0.198. The zero-order chi connectivity index (χ0) is 17.4. The monoisotopic (exact) mass is 327 g/mol. The predicted molar refractivity (Wildman–Crippen MR) is 93.2 cm³/mol. The summed E-state index contributed by atoms with van der Waals surface area (Å²) in [5.41, 5.74) is 5.18. The van der Waals surface area contributed by atoms with Gasteiger partial charge in [0.2, 0.25) is 5.89 Å². The molecule has 3 rings (SSSR count). The first-order valence-electron chi connectivity index (χ1n) is 7.88. The highest BCUT2D eigenvalue weighted by molar-refractivity contribution is 5.79. The van der Waals surface area contributed by atoms with Gasteiger partial charge in [-0.15, -0.1) is 0 Å². The number of nitrogens with zero attached hydrogens (tertiary/aromatic N) is 1. The smallest absolute Gasteiger partial charge is 0.271 e. The van der Waals surface area contributed by atoms with Crippen molar-refractivity contribution in [1.29, 1.82) is 0 Å². The maximum atomic E-state index is 12.1. The summed E-state index contributed by atoms with van der Waals surface area (Å²) in [5.74, 6) is 0.515. The number of rotatable bonds is 4. The first kappa shape index (κ1) is 16.3. The lowest BCUT2D eigenvalue weighted by Gasteiger charge is -2.11.